The third-order valence-electron chi connectivity index (χ3n) is 6.32. The predicted molar refractivity (Wildman–Crippen MR) is 96.4 cm³/mol. The highest BCUT2D eigenvalue weighted by Gasteiger charge is 2.47. The normalized spacial score (nSPS) is 30.1. The van der Waals surface area contributed by atoms with E-state index < -0.39 is 0 Å². The van der Waals surface area contributed by atoms with Gasteiger partial charge >= 0.3 is 0 Å². The molecule has 2 saturated carbocycles. The topological polar surface area (TPSA) is 12.0 Å². The quantitative estimate of drug-likeness (QED) is 0.810. The van der Waals surface area contributed by atoms with Gasteiger partial charge in [-0.1, -0.05) is 60.7 Å². The summed E-state index contributed by atoms with van der Waals surface area (Å²) in [5.74, 6) is 0.789. The molecule has 1 atom stereocenters. The van der Waals surface area contributed by atoms with Crippen molar-refractivity contribution in [3.63, 3.8) is 0 Å². The van der Waals surface area contributed by atoms with E-state index in [4.69, 9.17) is 0 Å². The van der Waals surface area contributed by atoms with E-state index in [2.05, 4.69) is 66.0 Å². The minimum absolute atomic E-state index is 0.597. The maximum atomic E-state index is 3.85. The average Bonchev–Trinajstić information content (AvgIpc) is 2.63. The van der Waals surface area contributed by atoms with E-state index in [1.54, 1.807) is 5.56 Å². The second kappa shape index (κ2) is 6.49. The summed E-state index contributed by atoms with van der Waals surface area (Å²) >= 11 is 0. The average molecular weight is 305 g/mol. The zero-order valence-corrected chi connectivity index (χ0v) is 13.9. The van der Waals surface area contributed by atoms with E-state index >= 15 is 0 Å². The summed E-state index contributed by atoms with van der Waals surface area (Å²) in [6.07, 6.45) is 8.34. The fraction of sp³-hybridized carbons (Fsp3) is 0.455. The van der Waals surface area contributed by atoms with Crippen LogP contribution in [0.4, 0.5) is 0 Å². The number of benzene rings is 2. The lowest BCUT2D eigenvalue weighted by Gasteiger charge is -2.54. The van der Waals surface area contributed by atoms with Crippen molar-refractivity contribution in [2.75, 3.05) is 0 Å². The summed E-state index contributed by atoms with van der Waals surface area (Å²) in [5, 5.41) is 3.85. The molecule has 1 spiro atoms. The van der Waals surface area contributed by atoms with Crippen molar-refractivity contribution in [3.8, 4) is 0 Å². The second-order valence-corrected chi connectivity index (χ2v) is 7.51. The first kappa shape index (κ1) is 15.0. The van der Waals surface area contributed by atoms with Crippen LogP contribution in [0.5, 0.6) is 0 Å². The molecule has 0 bridgehead atoms. The van der Waals surface area contributed by atoms with Crippen LogP contribution in [0.25, 0.3) is 0 Å². The molecule has 0 aliphatic heterocycles. The zero-order chi connectivity index (χ0) is 15.5. The van der Waals surface area contributed by atoms with Gasteiger partial charge in [0.2, 0.25) is 0 Å². The Balaban J connectivity index is 1.33. The highest BCUT2D eigenvalue weighted by atomic mass is 15.0. The van der Waals surface area contributed by atoms with Crippen LogP contribution in [-0.2, 0) is 6.54 Å². The van der Waals surface area contributed by atoms with Crippen molar-refractivity contribution in [2.45, 2.75) is 57.0 Å². The molecule has 0 amide bonds. The molecular formula is C22H27N. The summed E-state index contributed by atoms with van der Waals surface area (Å²) in [7, 11) is 0. The van der Waals surface area contributed by atoms with Crippen molar-refractivity contribution in [1.82, 2.24) is 5.32 Å². The van der Waals surface area contributed by atoms with Crippen molar-refractivity contribution >= 4 is 0 Å². The fourth-order valence-electron chi connectivity index (χ4n) is 4.70. The largest absolute Gasteiger partial charge is 0.309 e. The Bertz CT molecular complexity index is 611. The smallest absolute Gasteiger partial charge is 0.0208 e. The van der Waals surface area contributed by atoms with Crippen LogP contribution >= 0.6 is 0 Å². The molecule has 2 fully saturated rings. The molecule has 0 heterocycles. The first-order valence-electron chi connectivity index (χ1n) is 9.18. The lowest BCUT2D eigenvalue weighted by Crippen LogP contribution is -2.54. The third kappa shape index (κ3) is 3.07. The Morgan fingerprint density at radius 1 is 0.783 bits per heavy atom. The Labute approximate surface area is 140 Å². The molecule has 0 unspecified atom stereocenters. The Kier molecular flexibility index (Phi) is 4.22. The summed E-state index contributed by atoms with van der Waals surface area (Å²) in [5.41, 5.74) is 3.56. The summed E-state index contributed by atoms with van der Waals surface area (Å²) in [4.78, 5) is 0. The minimum Gasteiger partial charge on any atom is -0.309 e. The van der Waals surface area contributed by atoms with Gasteiger partial charge in [0.15, 0.2) is 0 Å². The maximum absolute atomic E-state index is 3.85. The van der Waals surface area contributed by atoms with Gasteiger partial charge in [-0.05, 0) is 61.0 Å². The van der Waals surface area contributed by atoms with E-state index in [1.165, 1.54) is 44.1 Å². The van der Waals surface area contributed by atoms with Gasteiger partial charge < -0.3 is 5.32 Å². The van der Waals surface area contributed by atoms with Gasteiger partial charge in [-0.25, -0.2) is 0 Å². The van der Waals surface area contributed by atoms with Gasteiger partial charge in [0, 0.05) is 12.6 Å². The molecule has 0 aromatic heterocycles. The molecule has 0 saturated heterocycles. The van der Waals surface area contributed by atoms with E-state index in [-0.39, 0.29) is 0 Å². The molecular weight excluding hydrogens is 278 g/mol. The van der Waals surface area contributed by atoms with Gasteiger partial charge in [0.05, 0.1) is 0 Å². The highest BCUT2D eigenvalue weighted by Crippen LogP contribution is 2.54. The molecule has 1 heteroatoms. The molecule has 2 aromatic carbocycles. The van der Waals surface area contributed by atoms with Crippen LogP contribution in [0.2, 0.25) is 0 Å². The maximum Gasteiger partial charge on any atom is 0.0208 e. The van der Waals surface area contributed by atoms with Gasteiger partial charge in [-0.15, -0.1) is 0 Å². The molecule has 2 aliphatic carbocycles. The lowest BCUT2D eigenvalue weighted by molar-refractivity contribution is 0.0164. The van der Waals surface area contributed by atoms with Crippen LogP contribution in [0.1, 0.15) is 55.6 Å². The van der Waals surface area contributed by atoms with E-state index in [0.29, 0.717) is 5.41 Å². The lowest BCUT2D eigenvalue weighted by atomic mass is 9.55. The Morgan fingerprint density at radius 3 is 2.00 bits per heavy atom. The van der Waals surface area contributed by atoms with E-state index in [0.717, 1.165) is 18.5 Å². The molecule has 1 N–H and O–H groups in total. The van der Waals surface area contributed by atoms with Crippen molar-refractivity contribution < 1.29 is 0 Å². The molecule has 1 nitrogen and oxygen atoms in total. The van der Waals surface area contributed by atoms with E-state index in [1.807, 2.05) is 0 Å². The van der Waals surface area contributed by atoms with Crippen LogP contribution < -0.4 is 5.32 Å². The summed E-state index contributed by atoms with van der Waals surface area (Å²) < 4.78 is 0. The molecule has 120 valence electrons. The molecule has 2 aliphatic rings. The van der Waals surface area contributed by atoms with E-state index in [9.17, 15) is 0 Å². The standard InChI is InChI=1S/C22H27N/c1-3-7-18(8-4-1)17-23-21-13-16-22(21)14-11-20(12-15-22)19-9-5-2-6-10-19/h1-10,20-21,23H,11-17H2/t20?,21-,22?/m0/s1. The molecule has 2 aromatic rings. The molecule has 0 radical (unpaired) electrons. The number of rotatable bonds is 4. The first-order chi connectivity index (χ1) is 11.4. The number of hydrogen-bond donors (Lipinski definition) is 1. The van der Waals surface area contributed by atoms with Crippen LogP contribution in [-0.4, -0.2) is 6.04 Å². The molecule has 23 heavy (non-hydrogen) atoms. The van der Waals surface area contributed by atoms with Gasteiger partial charge in [0.1, 0.15) is 0 Å². The minimum atomic E-state index is 0.597. The molecule has 4 rings (SSSR count). The predicted octanol–water partition coefficient (Wildman–Crippen LogP) is 5.28. The fourth-order valence-corrected chi connectivity index (χ4v) is 4.70. The zero-order valence-electron chi connectivity index (χ0n) is 13.9. The van der Waals surface area contributed by atoms with Gasteiger partial charge in [0.25, 0.3) is 0 Å². The summed E-state index contributed by atoms with van der Waals surface area (Å²) in [6.45, 7) is 1.02. The summed E-state index contributed by atoms with van der Waals surface area (Å²) in [6, 6.07) is 22.7. The second-order valence-electron chi connectivity index (χ2n) is 7.51. The van der Waals surface area contributed by atoms with Crippen LogP contribution in [0.3, 0.4) is 0 Å². The van der Waals surface area contributed by atoms with Crippen LogP contribution in [0.15, 0.2) is 60.7 Å². The first-order valence-corrected chi connectivity index (χ1v) is 9.18. The SMILES string of the molecule is c1ccc(CN[C@H]2CCC23CCC(c2ccccc2)CC3)cc1. The highest BCUT2D eigenvalue weighted by molar-refractivity contribution is 5.21. The number of nitrogens with one attached hydrogen (secondary N) is 1. The monoisotopic (exact) mass is 305 g/mol. The van der Waals surface area contributed by atoms with Gasteiger partial charge in [-0.2, -0.15) is 0 Å². The third-order valence-corrected chi connectivity index (χ3v) is 6.32. The van der Waals surface area contributed by atoms with Crippen LogP contribution in [0, 0.1) is 5.41 Å². The number of hydrogen-bond acceptors (Lipinski definition) is 1. The van der Waals surface area contributed by atoms with Crippen molar-refractivity contribution in [3.05, 3.63) is 71.8 Å². The Hall–Kier alpha value is -1.60. The Morgan fingerprint density at radius 2 is 1.39 bits per heavy atom. The van der Waals surface area contributed by atoms with Gasteiger partial charge in [-0.3, -0.25) is 0 Å². The van der Waals surface area contributed by atoms with Crippen molar-refractivity contribution in [1.29, 1.82) is 0 Å². The van der Waals surface area contributed by atoms with Crippen molar-refractivity contribution in [2.24, 2.45) is 5.41 Å².